The van der Waals surface area contributed by atoms with E-state index in [4.69, 9.17) is 5.73 Å². The Morgan fingerprint density at radius 3 is 2.45 bits per heavy atom. The number of carbonyl (C=O) groups is 2. The van der Waals surface area contributed by atoms with Crippen LogP contribution in [0.1, 0.15) is 17.4 Å². The number of amides is 2. The SMILES string of the molecule is CC(NC(=O)Cc1cccs1)(C(N)=O)c1ccccc1. The highest BCUT2D eigenvalue weighted by molar-refractivity contribution is 7.10. The number of nitrogens with one attached hydrogen (secondary N) is 1. The molecule has 0 bridgehead atoms. The normalized spacial score (nSPS) is 13.4. The van der Waals surface area contributed by atoms with Crippen molar-refractivity contribution >= 4 is 23.2 Å². The van der Waals surface area contributed by atoms with E-state index in [0.29, 0.717) is 5.56 Å². The maximum absolute atomic E-state index is 12.1. The van der Waals surface area contributed by atoms with Crippen LogP contribution < -0.4 is 11.1 Å². The molecule has 104 valence electrons. The van der Waals surface area contributed by atoms with Gasteiger partial charge in [-0.3, -0.25) is 9.59 Å². The third kappa shape index (κ3) is 3.05. The smallest absolute Gasteiger partial charge is 0.247 e. The summed E-state index contributed by atoms with van der Waals surface area (Å²) in [6.07, 6.45) is 0.243. The molecule has 0 saturated carbocycles. The van der Waals surface area contributed by atoms with Gasteiger partial charge < -0.3 is 11.1 Å². The van der Waals surface area contributed by atoms with E-state index < -0.39 is 11.4 Å². The fourth-order valence-electron chi connectivity index (χ4n) is 1.94. The lowest BCUT2D eigenvalue weighted by atomic mass is 9.91. The first kappa shape index (κ1) is 14.3. The molecule has 1 unspecified atom stereocenters. The summed E-state index contributed by atoms with van der Waals surface area (Å²) in [4.78, 5) is 24.8. The molecular weight excluding hydrogens is 272 g/mol. The van der Waals surface area contributed by atoms with Gasteiger partial charge in [0.15, 0.2) is 0 Å². The molecule has 0 aliphatic carbocycles. The molecule has 0 aliphatic heterocycles. The fraction of sp³-hybridized carbons (Fsp3) is 0.200. The van der Waals surface area contributed by atoms with E-state index in [2.05, 4.69) is 5.32 Å². The quantitative estimate of drug-likeness (QED) is 0.880. The van der Waals surface area contributed by atoms with Gasteiger partial charge in [-0.1, -0.05) is 36.4 Å². The molecule has 1 aromatic heterocycles. The van der Waals surface area contributed by atoms with E-state index >= 15 is 0 Å². The zero-order valence-corrected chi connectivity index (χ0v) is 11.9. The molecule has 2 rings (SSSR count). The standard InChI is InChI=1S/C15H16N2O2S/c1-15(14(16)19,11-6-3-2-4-7-11)17-13(18)10-12-8-5-9-20-12/h2-9H,10H2,1H3,(H2,16,19)(H,17,18). The summed E-state index contributed by atoms with van der Waals surface area (Å²) >= 11 is 1.50. The van der Waals surface area contributed by atoms with Crippen molar-refractivity contribution in [3.8, 4) is 0 Å². The molecule has 1 aromatic carbocycles. The van der Waals surface area contributed by atoms with Crippen molar-refractivity contribution in [2.45, 2.75) is 18.9 Å². The molecule has 20 heavy (non-hydrogen) atoms. The molecule has 2 aromatic rings. The Hall–Kier alpha value is -2.14. The van der Waals surface area contributed by atoms with Crippen LogP contribution in [0.4, 0.5) is 0 Å². The lowest BCUT2D eigenvalue weighted by Crippen LogP contribution is -2.53. The van der Waals surface area contributed by atoms with E-state index in [-0.39, 0.29) is 12.3 Å². The number of hydrogen-bond acceptors (Lipinski definition) is 3. The largest absolute Gasteiger partial charge is 0.367 e. The average molecular weight is 288 g/mol. The van der Waals surface area contributed by atoms with E-state index in [1.807, 2.05) is 35.7 Å². The third-order valence-corrected chi connectivity index (χ3v) is 4.02. The Bertz CT molecular complexity index is 596. The van der Waals surface area contributed by atoms with Gasteiger partial charge in [-0.25, -0.2) is 0 Å². The second-order valence-corrected chi connectivity index (χ2v) is 5.69. The van der Waals surface area contributed by atoms with Gasteiger partial charge in [0.25, 0.3) is 0 Å². The van der Waals surface area contributed by atoms with Crippen molar-refractivity contribution in [3.05, 3.63) is 58.3 Å². The van der Waals surface area contributed by atoms with Gasteiger partial charge in [-0.05, 0) is 23.9 Å². The van der Waals surface area contributed by atoms with Crippen molar-refractivity contribution in [2.75, 3.05) is 0 Å². The van der Waals surface area contributed by atoms with E-state index in [0.717, 1.165) is 4.88 Å². The molecule has 0 aliphatic rings. The lowest BCUT2D eigenvalue weighted by molar-refractivity contribution is -0.131. The maximum atomic E-state index is 12.1. The second kappa shape index (κ2) is 5.88. The third-order valence-electron chi connectivity index (χ3n) is 3.15. The topological polar surface area (TPSA) is 72.2 Å². The molecule has 0 radical (unpaired) electrons. The summed E-state index contributed by atoms with van der Waals surface area (Å²) in [5.41, 5.74) is 4.95. The van der Waals surface area contributed by atoms with Crippen molar-refractivity contribution < 1.29 is 9.59 Å². The van der Waals surface area contributed by atoms with Crippen LogP contribution in [0.3, 0.4) is 0 Å². The Labute approximate surface area is 121 Å². The van der Waals surface area contributed by atoms with Crippen molar-refractivity contribution in [3.63, 3.8) is 0 Å². The van der Waals surface area contributed by atoms with E-state index in [9.17, 15) is 9.59 Å². The van der Waals surface area contributed by atoms with Crippen LogP contribution in [0.15, 0.2) is 47.8 Å². The van der Waals surface area contributed by atoms with Gasteiger partial charge in [0, 0.05) is 4.88 Å². The minimum atomic E-state index is -1.20. The Kier molecular flexibility index (Phi) is 4.20. The number of thiophene rings is 1. The van der Waals surface area contributed by atoms with Crippen LogP contribution in [0.5, 0.6) is 0 Å². The predicted octanol–water partition coefficient (Wildman–Crippen LogP) is 1.81. The Morgan fingerprint density at radius 1 is 1.20 bits per heavy atom. The van der Waals surface area contributed by atoms with Crippen LogP contribution in [-0.2, 0) is 21.5 Å². The molecule has 5 heteroatoms. The first-order chi connectivity index (χ1) is 9.52. The molecular formula is C15H16N2O2S. The summed E-state index contributed by atoms with van der Waals surface area (Å²) in [5, 5.41) is 4.65. The van der Waals surface area contributed by atoms with Crippen LogP contribution in [0.2, 0.25) is 0 Å². The van der Waals surface area contributed by atoms with E-state index in [1.54, 1.807) is 19.1 Å². The van der Waals surface area contributed by atoms with Gasteiger partial charge >= 0.3 is 0 Å². The van der Waals surface area contributed by atoms with Gasteiger partial charge in [-0.15, -0.1) is 11.3 Å². The highest BCUT2D eigenvalue weighted by Crippen LogP contribution is 2.20. The summed E-state index contributed by atoms with van der Waals surface area (Å²) in [7, 11) is 0. The lowest BCUT2D eigenvalue weighted by Gasteiger charge is -2.28. The molecule has 0 spiro atoms. The fourth-order valence-corrected chi connectivity index (χ4v) is 2.65. The van der Waals surface area contributed by atoms with Gasteiger partial charge in [0.2, 0.25) is 11.8 Å². The van der Waals surface area contributed by atoms with Crippen LogP contribution in [0, 0.1) is 0 Å². The number of primary amides is 1. The highest BCUT2D eigenvalue weighted by atomic mass is 32.1. The van der Waals surface area contributed by atoms with Crippen LogP contribution in [-0.4, -0.2) is 11.8 Å². The first-order valence-electron chi connectivity index (χ1n) is 6.21. The van der Waals surface area contributed by atoms with Gasteiger partial charge in [-0.2, -0.15) is 0 Å². The summed E-state index contributed by atoms with van der Waals surface area (Å²) < 4.78 is 0. The zero-order chi connectivity index (χ0) is 14.6. The molecule has 2 amide bonds. The van der Waals surface area contributed by atoms with Crippen molar-refractivity contribution in [2.24, 2.45) is 5.73 Å². The Morgan fingerprint density at radius 2 is 1.90 bits per heavy atom. The van der Waals surface area contributed by atoms with Gasteiger partial charge in [0.05, 0.1) is 6.42 Å². The van der Waals surface area contributed by atoms with Crippen molar-refractivity contribution in [1.29, 1.82) is 0 Å². The molecule has 4 nitrogen and oxygen atoms in total. The zero-order valence-electron chi connectivity index (χ0n) is 11.1. The van der Waals surface area contributed by atoms with Crippen LogP contribution in [0.25, 0.3) is 0 Å². The molecule has 0 fully saturated rings. The maximum Gasteiger partial charge on any atom is 0.247 e. The number of rotatable bonds is 5. The number of nitrogens with two attached hydrogens (primary N) is 1. The highest BCUT2D eigenvalue weighted by Gasteiger charge is 2.34. The average Bonchev–Trinajstić information content (AvgIpc) is 2.92. The van der Waals surface area contributed by atoms with E-state index in [1.165, 1.54) is 11.3 Å². The minimum Gasteiger partial charge on any atom is -0.367 e. The van der Waals surface area contributed by atoms with Crippen LogP contribution >= 0.6 is 11.3 Å². The number of hydrogen-bond donors (Lipinski definition) is 2. The molecule has 1 heterocycles. The monoisotopic (exact) mass is 288 g/mol. The first-order valence-corrected chi connectivity index (χ1v) is 7.09. The van der Waals surface area contributed by atoms with Crippen molar-refractivity contribution in [1.82, 2.24) is 5.32 Å². The number of benzene rings is 1. The summed E-state index contributed by atoms with van der Waals surface area (Å²) in [5.74, 6) is -0.805. The number of carbonyl (C=O) groups excluding carboxylic acids is 2. The summed E-state index contributed by atoms with van der Waals surface area (Å²) in [6.45, 7) is 1.62. The second-order valence-electron chi connectivity index (χ2n) is 4.66. The summed E-state index contributed by atoms with van der Waals surface area (Å²) in [6, 6.07) is 12.8. The molecule has 3 N–H and O–H groups in total. The van der Waals surface area contributed by atoms with Gasteiger partial charge in [0.1, 0.15) is 5.54 Å². The molecule has 1 atom stereocenters. The Balaban J connectivity index is 2.18. The minimum absolute atomic E-state index is 0.224. The predicted molar refractivity (Wildman–Crippen MR) is 79.2 cm³/mol. The molecule has 0 saturated heterocycles.